The first-order valence-electron chi connectivity index (χ1n) is 8.51. The van der Waals surface area contributed by atoms with Crippen molar-refractivity contribution in [2.45, 2.75) is 40.0 Å². The maximum Gasteiger partial charge on any atom is 0.188 e. The van der Waals surface area contributed by atoms with Crippen molar-refractivity contribution in [3.63, 3.8) is 0 Å². The Labute approximate surface area is 153 Å². The molecule has 0 unspecified atom stereocenters. The number of nitrogens with zero attached hydrogens (tertiary/aromatic N) is 3. The number of carbonyl (C=O) groups is 1. The summed E-state index contributed by atoms with van der Waals surface area (Å²) in [4.78, 5) is 14.1. The van der Waals surface area contributed by atoms with Crippen molar-refractivity contribution in [3.05, 3.63) is 59.2 Å². The number of aromatic nitrogens is 3. The van der Waals surface area contributed by atoms with Gasteiger partial charge in [0.15, 0.2) is 5.78 Å². The summed E-state index contributed by atoms with van der Waals surface area (Å²) < 4.78 is 0. The van der Waals surface area contributed by atoms with Crippen LogP contribution in [-0.2, 0) is 5.41 Å². The van der Waals surface area contributed by atoms with Crippen molar-refractivity contribution in [2.24, 2.45) is 0 Å². The minimum atomic E-state index is -0.360. The van der Waals surface area contributed by atoms with Gasteiger partial charge in [0, 0.05) is 11.1 Å². The van der Waals surface area contributed by atoms with Gasteiger partial charge in [0.05, 0.1) is 0 Å². The molecule has 0 aliphatic heterocycles. The fourth-order valence-electron chi connectivity index (χ4n) is 3.26. The normalized spacial score (nSPS) is 11.7. The lowest BCUT2D eigenvalue weighted by molar-refractivity contribution is 0.103. The first-order valence-corrected chi connectivity index (χ1v) is 8.51. The Balaban J connectivity index is 2.36. The van der Waals surface area contributed by atoms with Gasteiger partial charge in [0.2, 0.25) is 0 Å². The predicted octanol–water partition coefficient (Wildman–Crippen LogP) is 4.49. The van der Waals surface area contributed by atoms with Gasteiger partial charge in [-0.25, -0.2) is 0 Å². The van der Waals surface area contributed by atoms with Crippen molar-refractivity contribution in [1.82, 2.24) is 15.0 Å². The molecule has 0 aliphatic rings. The average Bonchev–Trinajstić information content (AvgIpc) is 2.96. The van der Waals surface area contributed by atoms with Crippen molar-refractivity contribution >= 4 is 16.8 Å². The summed E-state index contributed by atoms with van der Waals surface area (Å²) in [6.45, 7) is 13.3. The summed E-state index contributed by atoms with van der Waals surface area (Å²) >= 11 is 0. The Bertz CT molecular complexity index is 1010. The van der Waals surface area contributed by atoms with E-state index in [-0.39, 0.29) is 16.9 Å². The second kappa shape index (κ2) is 6.09. The van der Waals surface area contributed by atoms with E-state index in [1.807, 2.05) is 52.0 Å². The first kappa shape index (κ1) is 17.9. The molecule has 0 atom stereocenters. The highest BCUT2D eigenvalue weighted by molar-refractivity contribution is 6.09. The number of phenols is 1. The molecule has 0 bridgehead atoms. The number of hydrogen-bond acceptors (Lipinski definition) is 4. The molecule has 0 saturated heterocycles. The van der Waals surface area contributed by atoms with Crippen molar-refractivity contribution in [3.8, 4) is 11.4 Å². The third-order valence-corrected chi connectivity index (χ3v) is 4.42. The molecule has 3 rings (SSSR count). The minimum absolute atomic E-state index is 0.0913. The second-order valence-electron chi connectivity index (χ2n) is 7.63. The van der Waals surface area contributed by atoms with Crippen LogP contribution in [-0.4, -0.2) is 25.9 Å². The Morgan fingerprint density at radius 3 is 2.15 bits per heavy atom. The molecule has 1 heterocycles. The summed E-state index contributed by atoms with van der Waals surface area (Å²) in [5, 5.41) is 19.9. The molecule has 1 aromatic heterocycles. The number of fused-ring (bicyclic) bond motifs is 1. The highest BCUT2D eigenvalue weighted by Gasteiger charge is 2.28. The molecule has 0 fully saturated rings. The Morgan fingerprint density at radius 2 is 1.69 bits per heavy atom. The van der Waals surface area contributed by atoms with Crippen molar-refractivity contribution < 1.29 is 9.90 Å². The molecule has 26 heavy (non-hydrogen) atoms. The summed E-state index contributed by atoms with van der Waals surface area (Å²) in [5.41, 5.74) is 3.89. The molecule has 0 spiro atoms. The number of hydrogen-bond donors (Lipinski definition) is 1. The van der Waals surface area contributed by atoms with E-state index in [9.17, 15) is 9.90 Å². The van der Waals surface area contributed by atoms with E-state index in [1.165, 1.54) is 4.80 Å². The lowest BCUT2D eigenvalue weighted by Gasteiger charge is -2.26. The van der Waals surface area contributed by atoms with Gasteiger partial charge in [-0.1, -0.05) is 39.5 Å². The fraction of sp³-hybridized carbons (Fsp3) is 0.286. The van der Waals surface area contributed by atoms with Gasteiger partial charge in [-0.2, -0.15) is 0 Å². The van der Waals surface area contributed by atoms with Gasteiger partial charge in [-0.3, -0.25) is 4.79 Å². The first-order chi connectivity index (χ1) is 12.1. The number of rotatable bonds is 3. The molecule has 0 amide bonds. The van der Waals surface area contributed by atoms with Crippen LogP contribution in [0.15, 0.2) is 42.5 Å². The van der Waals surface area contributed by atoms with Crippen LogP contribution in [0.4, 0.5) is 0 Å². The van der Waals surface area contributed by atoms with E-state index >= 15 is 0 Å². The standard InChI is InChI=1S/C21H23N3O2/c1-12(2)19(25)14-11-17(20(26)18(13(14)3)21(4,5)6)24-22-15-9-7-8-10-16(15)23-24/h7-11,26H,1H2,2-6H3. The summed E-state index contributed by atoms with van der Waals surface area (Å²) in [7, 11) is 0. The number of allylic oxidation sites excluding steroid dienone is 1. The topological polar surface area (TPSA) is 68.0 Å². The monoisotopic (exact) mass is 349 g/mol. The van der Waals surface area contributed by atoms with E-state index in [0.29, 0.717) is 22.4 Å². The van der Waals surface area contributed by atoms with Crippen LogP contribution in [0.1, 0.15) is 49.2 Å². The summed E-state index contributed by atoms with van der Waals surface area (Å²) in [6, 6.07) is 9.12. The smallest absolute Gasteiger partial charge is 0.188 e. The van der Waals surface area contributed by atoms with Gasteiger partial charge in [-0.05, 0) is 48.6 Å². The van der Waals surface area contributed by atoms with E-state index in [4.69, 9.17) is 0 Å². The number of aromatic hydroxyl groups is 1. The minimum Gasteiger partial charge on any atom is -0.505 e. The zero-order valence-corrected chi connectivity index (χ0v) is 15.8. The summed E-state index contributed by atoms with van der Waals surface area (Å²) in [6.07, 6.45) is 0. The molecule has 134 valence electrons. The second-order valence-corrected chi connectivity index (χ2v) is 7.63. The van der Waals surface area contributed by atoms with Crippen LogP contribution in [0.2, 0.25) is 0 Å². The van der Waals surface area contributed by atoms with Crippen molar-refractivity contribution in [2.75, 3.05) is 0 Å². The molecule has 5 heteroatoms. The highest BCUT2D eigenvalue weighted by Crippen LogP contribution is 2.39. The zero-order chi connectivity index (χ0) is 19.2. The fourth-order valence-corrected chi connectivity index (χ4v) is 3.26. The number of ketones is 1. The van der Waals surface area contributed by atoms with Crippen LogP contribution in [0.3, 0.4) is 0 Å². The Hall–Kier alpha value is -2.95. The van der Waals surface area contributed by atoms with E-state index in [0.717, 1.165) is 16.6 Å². The van der Waals surface area contributed by atoms with Gasteiger partial charge < -0.3 is 5.11 Å². The largest absolute Gasteiger partial charge is 0.505 e. The molecular formula is C21H23N3O2. The number of carbonyl (C=O) groups excluding carboxylic acids is 1. The molecular weight excluding hydrogens is 326 g/mol. The van der Waals surface area contributed by atoms with Gasteiger partial charge in [0.1, 0.15) is 22.5 Å². The molecule has 0 aliphatic carbocycles. The maximum atomic E-state index is 12.7. The SMILES string of the molecule is C=C(C)C(=O)c1cc(-n2nc3ccccc3n2)c(O)c(C(C)(C)C)c1C. The predicted molar refractivity (Wildman–Crippen MR) is 103 cm³/mol. The van der Waals surface area contributed by atoms with Gasteiger partial charge in [0.25, 0.3) is 0 Å². The molecule has 1 N–H and O–H groups in total. The Morgan fingerprint density at radius 1 is 1.15 bits per heavy atom. The number of phenolic OH excluding ortho intramolecular Hbond substituents is 1. The maximum absolute atomic E-state index is 12.7. The van der Waals surface area contributed by atoms with Crippen LogP contribution >= 0.6 is 0 Å². The van der Waals surface area contributed by atoms with Crippen LogP contribution in [0.5, 0.6) is 5.75 Å². The third kappa shape index (κ3) is 2.90. The number of Topliss-reactive ketones (excluding diaryl/α,β-unsaturated/α-hetero) is 1. The van der Waals surface area contributed by atoms with Crippen LogP contribution < -0.4 is 0 Å². The number of benzene rings is 2. The molecule has 0 saturated carbocycles. The average molecular weight is 349 g/mol. The highest BCUT2D eigenvalue weighted by atomic mass is 16.3. The molecule has 0 radical (unpaired) electrons. The lowest BCUT2D eigenvalue weighted by Crippen LogP contribution is -2.18. The van der Waals surface area contributed by atoms with Crippen LogP contribution in [0, 0.1) is 6.92 Å². The van der Waals surface area contributed by atoms with E-state index < -0.39 is 0 Å². The lowest BCUT2D eigenvalue weighted by atomic mass is 9.80. The van der Waals surface area contributed by atoms with Gasteiger partial charge in [-0.15, -0.1) is 15.0 Å². The van der Waals surface area contributed by atoms with Crippen molar-refractivity contribution in [1.29, 1.82) is 0 Å². The third-order valence-electron chi connectivity index (χ3n) is 4.42. The van der Waals surface area contributed by atoms with E-state index in [1.54, 1.807) is 13.0 Å². The quantitative estimate of drug-likeness (QED) is 0.559. The summed E-state index contributed by atoms with van der Waals surface area (Å²) in [5.74, 6) is -0.0560. The molecule has 3 aromatic rings. The molecule has 2 aromatic carbocycles. The molecule has 5 nitrogen and oxygen atoms in total. The van der Waals surface area contributed by atoms with Gasteiger partial charge >= 0.3 is 0 Å². The Kier molecular flexibility index (Phi) is 4.18. The van der Waals surface area contributed by atoms with E-state index in [2.05, 4.69) is 16.8 Å². The zero-order valence-electron chi connectivity index (χ0n) is 15.8. The van der Waals surface area contributed by atoms with Crippen LogP contribution in [0.25, 0.3) is 16.7 Å².